The van der Waals surface area contributed by atoms with Gasteiger partial charge in [-0.05, 0) is 32.4 Å². The first-order chi connectivity index (χ1) is 10.5. The Hall–Kier alpha value is -2.63. The second kappa shape index (κ2) is 6.43. The van der Waals surface area contributed by atoms with Crippen LogP contribution in [-0.4, -0.2) is 28.6 Å². The van der Waals surface area contributed by atoms with Crippen molar-refractivity contribution in [2.75, 3.05) is 12.4 Å². The van der Waals surface area contributed by atoms with E-state index in [9.17, 15) is 9.59 Å². The number of benzene rings is 1. The topological polar surface area (TPSA) is 76.0 Å². The third-order valence-corrected chi connectivity index (χ3v) is 3.41. The van der Waals surface area contributed by atoms with Gasteiger partial charge in [0.25, 0.3) is 11.8 Å². The number of aryl methyl sites for hydroxylation is 3. The van der Waals surface area contributed by atoms with E-state index in [1.165, 1.54) is 7.05 Å². The Morgan fingerprint density at radius 3 is 2.59 bits per heavy atom. The third-order valence-electron chi connectivity index (χ3n) is 3.41. The van der Waals surface area contributed by atoms with Crippen molar-refractivity contribution in [2.24, 2.45) is 0 Å². The molecule has 6 heteroatoms. The highest BCUT2D eigenvalue weighted by atomic mass is 16.2. The van der Waals surface area contributed by atoms with Crippen LogP contribution in [0.1, 0.15) is 38.9 Å². The number of anilines is 1. The van der Waals surface area contributed by atoms with Gasteiger partial charge in [-0.1, -0.05) is 17.7 Å². The Morgan fingerprint density at radius 2 is 1.95 bits per heavy atom. The van der Waals surface area contributed by atoms with Gasteiger partial charge in [0, 0.05) is 25.4 Å². The van der Waals surface area contributed by atoms with Gasteiger partial charge in [-0.2, -0.15) is 5.10 Å². The van der Waals surface area contributed by atoms with Crippen LogP contribution in [0.5, 0.6) is 0 Å². The molecule has 116 valence electrons. The highest BCUT2D eigenvalue weighted by molar-refractivity contribution is 6.08. The van der Waals surface area contributed by atoms with E-state index in [2.05, 4.69) is 15.7 Å². The quantitative estimate of drug-likeness (QED) is 0.908. The van der Waals surface area contributed by atoms with Crippen molar-refractivity contribution in [3.05, 3.63) is 46.8 Å². The van der Waals surface area contributed by atoms with E-state index >= 15 is 0 Å². The second-order valence-electron chi connectivity index (χ2n) is 5.10. The normalized spacial score (nSPS) is 10.4. The maximum absolute atomic E-state index is 12.5. The molecule has 22 heavy (non-hydrogen) atoms. The van der Waals surface area contributed by atoms with E-state index in [4.69, 9.17) is 0 Å². The minimum Gasteiger partial charge on any atom is -0.354 e. The number of nitrogens with zero attached hydrogens (tertiary/aromatic N) is 2. The summed E-state index contributed by atoms with van der Waals surface area (Å²) in [6.45, 7) is 6.34. The van der Waals surface area contributed by atoms with Gasteiger partial charge in [0.15, 0.2) is 5.69 Å². The standard InChI is InChI=1S/C16H20N4O2/c1-5-20-9-13(14(19-20)16(22)17-4)18-15(21)12-8-10(2)6-7-11(12)3/h6-9H,5H2,1-4H3,(H,17,22)(H,18,21). The molecule has 0 unspecified atom stereocenters. The number of carbonyl (C=O) groups excluding carboxylic acids is 2. The molecule has 0 bridgehead atoms. The van der Waals surface area contributed by atoms with Crippen LogP contribution in [0.2, 0.25) is 0 Å². The number of nitrogens with one attached hydrogen (secondary N) is 2. The zero-order valence-corrected chi connectivity index (χ0v) is 13.2. The molecule has 2 amide bonds. The fraction of sp³-hybridized carbons (Fsp3) is 0.312. The van der Waals surface area contributed by atoms with Crippen molar-refractivity contribution in [2.45, 2.75) is 27.3 Å². The lowest BCUT2D eigenvalue weighted by Gasteiger charge is -2.08. The Bertz CT molecular complexity index is 719. The molecule has 2 rings (SSSR count). The molecule has 0 saturated carbocycles. The van der Waals surface area contributed by atoms with E-state index in [-0.39, 0.29) is 17.5 Å². The van der Waals surface area contributed by atoms with Gasteiger partial charge >= 0.3 is 0 Å². The Labute approximate surface area is 129 Å². The summed E-state index contributed by atoms with van der Waals surface area (Å²) in [5.41, 5.74) is 3.10. The van der Waals surface area contributed by atoms with Crippen LogP contribution >= 0.6 is 0 Å². The largest absolute Gasteiger partial charge is 0.354 e. The molecular formula is C16H20N4O2. The molecule has 1 aromatic heterocycles. The molecule has 0 aliphatic rings. The van der Waals surface area contributed by atoms with E-state index < -0.39 is 0 Å². The highest BCUT2D eigenvalue weighted by Crippen LogP contribution is 2.17. The van der Waals surface area contributed by atoms with Crippen LogP contribution in [0, 0.1) is 13.8 Å². The summed E-state index contributed by atoms with van der Waals surface area (Å²) in [6, 6.07) is 5.69. The first kappa shape index (κ1) is 15.8. The number of rotatable bonds is 4. The lowest BCUT2D eigenvalue weighted by Crippen LogP contribution is -2.22. The number of amides is 2. The fourth-order valence-electron chi connectivity index (χ4n) is 2.13. The predicted molar refractivity (Wildman–Crippen MR) is 85.2 cm³/mol. The Kier molecular flexibility index (Phi) is 4.60. The third kappa shape index (κ3) is 3.16. The van der Waals surface area contributed by atoms with Crippen LogP contribution < -0.4 is 10.6 Å². The molecule has 0 fully saturated rings. The predicted octanol–water partition coefficient (Wildman–Crippen LogP) is 2.13. The summed E-state index contributed by atoms with van der Waals surface area (Å²) >= 11 is 0. The number of hydrogen-bond acceptors (Lipinski definition) is 3. The smallest absolute Gasteiger partial charge is 0.273 e. The van der Waals surface area contributed by atoms with Gasteiger partial charge in [0.2, 0.25) is 0 Å². The second-order valence-corrected chi connectivity index (χ2v) is 5.10. The average molecular weight is 300 g/mol. The van der Waals surface area contributed by atoms with Gasteiger partial charge in [-0.15, -0.1) is 0 Å². The maximum atomic E-state index is 12.5. The minimum absolute atomic E-state index is 0.211. The first-order valence-electron chi connectivity index (χ1n) is 7.14. The van der Waals surface area contributed by atoms with Crippen LogP contribution in [-0.2, 0) is 6.54 Å². The zero-order chi connectivity index (χ0) is 16.3. The van der Waals surface area contributed by atoms with Gasteiger partial charge < -0.3 is 10.6 Å². The summed E-state index contributed by atoms with van der Waals surface area (Å²) in [5.74, 6) is -0.578. The number of carbonyl (C=O) groups is 2. The van der Waals surface area contributed by atoms with Gasteiger partial charge in [-0.3, -0.25) is 14.3 Å². The molecule has 6 nitrogen and oxygen atoms in total. The van der Waals surface area contributed by atoms with Crippen molar-refractivity contribution >= 4 is 17.5 Å². The maximum Gasteiger partial charge on any atom is 0.273 e. The van der Waals surface area contributed by atoms with Crippen molar-refractivity contribution in [3.63, 3.8) is 0 Å². The van der Waals surface area contributed by atoms with Crippen molar-refractivity contribution in [1.82, 2.24) is 15.1 Å². The monoisotopic (exact) mass is 300 g/mol. The summed E-state index contributed by atoms with van der Waals surface area (Å²) in [4.78, 5) is 24.3. The van der Waals surface area contributed by atoms with Crippen molar-refractivity contribution < 1.29 is 9.59 Å². The summed E-state index contributed by atoms with van der Waals surface area (Å²) in [6.07, 6.45) is 1.66. The molecular weight excluding hydrogens is 280 g/mol. The number of hydrogen-bond donors (Lipinski definition) is 2. The van der Waals surface area contributed by atoms with Gasteiger partial charge in [0.1, 0.15) is 0 Å². The molecule has 0 aliphatic heterocycles. The lowest BCUT2D eigenvalue weighted by molar-refractivity contribution is 0.0958. The number of aromatic nitrogens is 2. The minimum atomic E-state index is -0.330. The molecule has 0 radical (unpaired) electrons. The van der Waals surface area contributed by atoms with Crippen LogP contribution in [0.3, 0.4) is 0 Å². The SMILES string of the molecule is CCn1cc(NC(=O)c2cc(C)ccc2C)c(C(=O)NC)n1. The molecule has 2 aromatic rings. The molecule has 0 aliphatic carbocycles. The molecule has 0 saturated heterocycles. The fourth-order valence-corrected chi connectivity index (χ4v) is 2.13. The Balaban J connectivity index is 2.33. The van der Waals surface area contributed by atoms with E-state index in [1.807, 2.05) is 39.0 Å². The molecule has 1 heterocycles. The van der Waals surface area contributed by atoms with Crippen LogP contribution in [0.4, 0.5) is 5.69 Å². The average Bonchev–Trinajstić information content (AvgIpc) is 2.91. The summed E-state index contributed by atoms with van der Waals surface area (Å²) in [5, 5.41) is 9.48. The molecule has 2 N–H and O–H groups in total. The van der Waals surface area contributed by atoms with Crippen LogP contribution in [0.25, 0.3) is 0 Å². The van der Waals surface area contributed by atoms with Crippen molar-refractivity contribution in [3.8, 4) is 0 Å². The Morgan fingerprint density at radius 1 is 1.23 bits per heavy atom. The van der Waals surface area contributed by atoms with E-state index in [0.29, 0.717) is 17.8 Å². The summed E-state index contributed by atoms with van der Waals surface area (Å²) < 4.78 is 1.61. The van der Waals surface area contributed by atoms with Gasteiger partial charge in [-0.25, -0.2) is 0 Å². The first-order valence-corrected chi connectivity index (χ1v) is 7.14. The van der Waals surface area contributed by atoms with Gasteiger partial charge in [0.05, 0.1) is 5.69 Å². The highest BCUT2D eigenvalue weighted by Gasteiger charge is 2.18. The summed E-state index contributed by atoms with van der Waals surface area (Å²) in [7, 11) is 1.53. The van der Waals surface area contributed by atoms with E-state index in [1.54, 1.807) is 10.9 Å². The lowest BCUT2D eigenvalue weighted by atomic mass is 10.1. The molecule has 0 atom stereocenters. The van der Waals surface area contributed by atoms with Crippen LogP contribution in [0.15, 0.2) is 24.4 Å². The molecule has 1 aromatic carbocycles. The zero-order valence-electron chi connectivity index (χ0n) is 13.2. The van der Waals surface area contributed by atoms with E-state index in [0.717, 1.165) is 11.1 Å². The molecule has 0 spiro atoms. The van der Waals surface area contributed by atoms with Crippen molar-refractivity contribution in [1.29, 1.82) is 0 Å².